The van der Waals surface area contributed by atoms with Gasteiger partial charge in [0.15, 0.2) is 0 Å². The van der Waals surface area contributed by atoms with Crippen LogP contribution in [-0.4, -0.2) is 43.1 Å². The fourth-order valence-electron chi connectivity index (χ4n) is 3.81. The van der Waals surface area contributed by atoms with Gasteiger partial charge in [-0.1, -0.05) is 43.2 Å². The molecule has 0 bridgehead atoms. The molecule has 0 aliphatic carbocycles. The fraction of sp³-hybridized carbons (Fsp3) is 0.407. The van der Waals surface area contributed by atoms with E-state index >= 15 is 0 Å². The molecule has 1 N–H and O–H groups in total. The van der Waals surface area contributed by atoms with Crippen LogP contribution in [0.15, 0.2) is 48.2 Å². The number of ether oxygens (including phenoxy) is 2. The van der Waals surface area contributed by atoms with Gasteiger partial charge in [-0.05, 0) is 62.9 Å². The number of rotatable bonds is 12. The van der Waals surface area contributed by atoms with Crippen molar-refractivity contribution in [2.75, 3.05) is 31.7 Å². The Labute approximate surface area is 196 Å². The van der Waals surface area contributed by atoms with Crippen molar-refractivity contribution in [3.63, 3.8) is 0 Å². The van der Waals surface area contributed by atoms with Gasteiger partial charge in [-0.25, -0.2) is 0 Å². The van der Waals surface area contributed by atoms with Gasteiger partial charge in [0.2, 0.25) is 0 Å². The Morgan fingerprint density at radius 1 is 0.909 bits per heavy atom. The predicted octanol–water partition coefficient (Wildman–Crippen LogP) is 5.10. The molecule has 0 aromatic heterocycles. The zero-order valence-corrected chi connectivity index (χ0v) is 20.1. The highest BCUT2D eigenvalue weighted by Gasteiger charge is 2.39. The van der Waals surface area contributed by atoms with Crippen molar-refractivity contribution in [2.24, 2.45) is 0 Å². The third-order valence-electron chi connectivity index (χ3n) is 5.58. The second kappa shape index (κ2) is 11.7. The smallest absolute Gasteiger partial charge is 0.278 e. The Morgan fingerprint density at radius 3 is 2.30 bits per heavy atom. The summed E-state index contributed by atoms with van der Waals surface area (Å²) in [6.07, 6.45) is 2.69. The van der Waals surface area contributed by atoms with E-state index in [-0.39, 0.29) is 11.8 Å². The topological polar surface area (TPSA) is 67.9 Å². The molecule has 0 radical (unpaired) electrons. The number of carbonyl (C=O) groups excluding carboxylic acids is 2. The summed E-state index contributed by atoms with van der Waals surface area (Å²) >= 11 is 0. The number of carbonyl (C=O) groups is 2. The second-order valence-corrected chi connectivity index (χ2v) is 8.23. The van der Waals surface area contributed by atoms with Crippen LogP contribution in [0.5, 0.6) is 5.75 Å². The molecule has 0 unspecified atom stereocenters. The molecule has 0 saturated carbocycles. The lowest BCUT2D eigenvalue weighted by Gasteiger charge is -2.16. The third-order valence-corrected chi connectivity index (χ3v) is 5.58. The summed E-state index contributed by atoms with van der Waals surface area (Å²) in [5, 5.41) is 3.26. The highest BCUT2D eigenvalue weighted by molar-refractivity contribution is 6.36. The van der Waals surface area contributed by atoms with E-state index in [1.54, 1.807) is 0 Å². The first-order valence-electron chi connectivity index (χ1n) is 11.7. The van der Waals surface area contributed by atoms with E-state index in [4.69, 9.17) is 9.47 Å². The number of hydrogen-bond donors (Lipinski definition) is 1. The zero-order valence-electron chi connectivity index (χ0n) is 20.1. The van der Waals surface area contributed by atoms with Crippen molar-refractivity contribution < 1.29 is 19.1 Å². The Bertz CT molecular complexity index is 1010. The van der Waals surface area contributed by atoms with Gasteiger partial charge in [0, 0.05) is 25.4 Å². The molecule has 6 heteroatoms. The van der Waals surface area contributed by atoms with Crippen LogP contribution in [0.2, 0.25) is 0 Å². The maximum absolute atomic E-state index is 13.4. The van der Waals surface area contributed by atoms with Gasteiger partial charge in [-0.15, -0.1) is 0 Å². The molecule has 2 amide bonds. The lowest BCUT2D eigenvalue weighted by atomic mass is 10.0. The molecule has 0 fully saturated rings. The fourth-order valence-corrected chi connectivity index (χ4v) is 3.81. The minimum absolute atomic E-state index is 0.287. The molecule has 0 spiro atoms. The summed E-state index contributed by atoms with van der Waals surface area (Å²) in [6.45, 7) is 10.2. The molecule has 3 rings (SSSR count). The van der Waals surface area contributed by atoms with E-state index < -0.39 is 0 Å². The van der Waals surface area contributed by atoms with Crippen molar-refractivity contribution in [3.8, 4) is 5.75 Å². The molecule has 0 saturated heterocycles. The highest BCUT2D eigenvalue weighted by atomic mass is 16.5. The molecule has 1 aliphatic heterocycles. The SMILES string of the molecule is CCCCOCCCN1C(=O)C(Nc2ccc(C)cc2C)=C(c2ccc(OCC)cc2)C1=O. The monoisotopic (exact) mass is 450 g/mol. The molecule has 0 atom stereocenters. The minimum atomic E-state index is -0.308. The molecule has 2 aromatic carbocycles. The summed E-state index contributed by atoms with van der Waals surface area (Å²) in [7, 11) is 0. The first-order chi connectivity index (χ1) is 16.0. The summed E-state index contributed by atoms with van der Waals surface area (Å²) in [6, 6.07) is 13.3. The van der Waals surface area contributed by atoms with Gasteiger partial charge >= 0.3 is 0 Å². The lowest BCUT2D eigenvalue weighted by molar-refractivity contribution is -0.137. The molecular weight excluding hydrogens is 416 g/mol. The van der Waals surface area contributed by atoms with Crippen molar-refractivity contribution in [2.45, 2.75) is 47.0 Å². The van der Waals surface area contributed by atoms with Crippen LogP contribution in [0.4, 0.5) is 5.69 Å². The van der Waals surface area contributed by atoms with E-state index in [1.807, 2.05) is 63.2 Å². The van der Waals surface area contributed by atoms with Crippen molar-refractivity contribution in [3.05, 3.63) is 64.9 Å². The maximum atomic E-state index is 13.4. The molecule has 33 heavy (non-hydrogen) atoms. The predicted molar refractivity (Wildman–Crippen MR) is 131 cm³/mol. The Morgan fingerprint density at radius 2 is 1.64 bits per heavy atom. The van der Waals surface area contributed by atoms with E-state index in [0.29, 0.717) is 49.6 Å². The Balaban J connectivity index is 1.86. The van der Waals surface area contributed by atoms with Crippen molar-refractivity contribution in [1.29, 1.82) is 0 Å². The van der Waals surface area contributed by atoms with E-state index in [9.17, 15) is 9.59 Å². The number of nitrogens with zero attached hydrogens (tertiary/aromatic N) is 1. The number of anilines is 1. The van der Waals surface area contributed by atoms with Gasteiger partial charge in [0.1, 0.15) is 11.4 Å². The third kappa shape index (κ3) is 6.02. The zero-order chi connectivity index (χ0) is 23.8. The average Bonchev–Trinajstić information content (AvgIpc) is 3.02. The number of amides is 2. The summed E-state index contributed by atoms with van der Waals surface area (Å²) in [4.78, 5) is 28.0. The molecule has 1 aliphatic rings. The minimum Gasteiger partial charge on any atom is -0.494 e. The van der Waals surface area contributed by atoms with Crippen LogP contribution in [0.1, 0.15) is 49.8 Å². The largest absolute Gasteiger partial charge is 0.494 e. The Kier molecular flexibility index (Phi) is 8.66. The number of benzene rings is 2. The van der Waals surface area contributed by atoms with Crippen LogP contribution in [0, 0.1) is 13.8 Å². The lowest BCUT2D eigenvalue weighted by Crippen LogP contribution is -2.34. The highest BCUT2D eigenvalue weighted by Crippen LogP contribution is 2.32. The van der Waals surface area contributed by atoms with Crippen molar-refractivity contribution >= 4 is 23.1 Å². The van der Waals surface area contributed by atoms with Gasteiger partial charge in [-0.3, -0.25) is 14.5 Å². The van der Waals surface area contributed by atoms with Gasteiger partial charge in [0.05, 0.1) is 12.2 Å². The quantitative estimate of drug-likeness (QED) is 0.360. The Hall–Kier alpha value is -3.12. The van der Waals surface area contributed by atoms with E-state index in [0.717, 1.165) is 35.4 Å². The summed E-state index contributed by atoms with van der Waals surface area (Å²) < 4.78 is 11.1. The summed E-state index contributed by atoms with van der Waals surface area (Å²) in [5.74, 6) is 0.131. The van der Waals surface area contributed by atoms with Crippen LogP contribution < -0.4 is 10.1 Å². The van der Waals surface area contributed by atoms with Crippen LogP contribution in [0.3, 0.4) is 0 Å². The normalized spacial score (nSPS) is 13.8. The van der Waals surface area contributed by atoms with Gasteiger partial charge in [0.25, 0.3) is 11.8 Å². The maximum Gasteiger partial charge on any atom is 0.278 e. The van der Waals surface area contributed by atoms with E-state index in [2.05, 4.69) is 12.2 Å². The number of imide groups is 1. The van der Waals surface area contributed by atoms with Gasteiger partial charge in [-0.2, -0.15) is 0 Å². The first-order valence-corrected chi connectivity index (χ1v) is 11.7. The molecular formula is C27H34N2O4. The average molecular weight is 451 g/mol. The molecule has 2 aromatic rings. The number of nitrogens with one attached hydrogen (secondary N) is 1. The van der Waals surface area contributed by atoms with Gasteiger partial charge < -0.3 is 14.8 Å². The molecule has 6 nitrogen and oxygen atoms in total. The standard InChI is InChI=1S/C27H34N2O4/c1-5-7-16-32-17-8-15-29-26(30)24(21-10-12-22(13-11-21)33-6-2)25(27(29)31)28-23-14-9-19(3)18-20(23)4/h9-14,18,28H,5-8,15-17H2,1-4H3. The molecule has 1 heterocycles. The van der Waals surface area contributed by atoms with Crippen LogP contribution in [-0.2, 0) is 14.3 Å². The first kappa shape index (κ1) is 24.5. The van der Waals surface area contributed by atoms with Crippen molar-refractivity contribution in [1.82, 2.24) is 4.90 Å². The van der Waals surface area contributed by atoms with Crippen LogP contribution in [0.25, 0.3) is 5.57 Å². The number of hydrogen-bond acceptors (Lipinski definition) is 5. The van der Waals surface area contributed by atoms with Crippen LogP contribution >= 0.6 is 0 Å². The summed E-state index contributed by atoms with van der Waals surface area (Å²) in [5.41, 5.74) is 4.34. The second-order valence-electron chi connectivity index (χ2n) is 8.23. The molecule has 176 valence electrons. The number of aryl methyl sites for hydroxylation is 2. The van der Waals surface area contributed by atoms with E-state index in [1.165, 1.54) is 4.90 Å². The number of unbranched alkanes of at least 4 members (excludes halogenated alkanes) is 1.